The van der Waals surface area contributed by atoms with E-state index in [9.17, 15) is 14.7 Å². The number of benzene rings is 1. The van der Waals surface area contributed by atoms with Crippen molar-refractivity contribution in [3.63, 3.8) is 0 Å². The maximum absolute atomic E-state index is 12.4. The van der Waals surface area contributed by atoms with Crippen LogP contribution in [0.15, 0.2) is 36.4 Å². The van der Waals surface area contributed by atoms with Crippen molar-refractivity contribution in [1.82, 2.24) is 4.90 Å². The number of carbonyl (C=O) groups excluding carboxylic acids is 1. The molecule has 1 aromatic carbocycles. The number of likely N-dealkylation sites (tertiary alicyclic amines) is 1. The SMILES string of the molecule is O=C(O)C1CN(C(=O)/C=C/c2ccccc2)CC12CCOCC2. The maximum Gasteiger partial charge on any atom is 0.308 e. The van der Waals surface area contributed by atoms with Gasteiger partial charge in [0.05, 0.1) is 5.92 Å². The van der Waals surface area contributed by atoms with Crippen LogP contribution in [-0.2, 0) is 14.3 Å². The molecule has 1 aromatic rings. The van der Waals surface area contributed by atoms with Crippen LogP contribution in [-0.4, -0.2) is 48.2 Å². The Morgan fingerprint density at radius 3 is 2.57 bits per heavy atom. The Bertz CT molecular complexity index is 605. The molecule has 1 amide bonds. The Hall–Kier alpha value is -2.14. The minimum atomic E-state index is -0.811. The Labute approximate surface area is 135 Å². The highest BCUT2D eigenvalue weighted by atomic mass is 16.5. The molecule has 2 aliphatic rings. The monoisotopic (exact) mass is 315 g/mol. The summed E-state index contributed by atoms with van der Waals surface area (Å²) in [5.41, 5.74) is 0.621. The molecule has 5 heteroatoms. The van der Waals surface area contributed by atoms with Crippen LogP contribution in [0.3, 0.4) is 0 Å². The van der Waals surface area contributed by atoms with Crippen LogP contribution < -0.4 is 0 Å². The Balaban J connectivity index is 1.72. The van der Waals surface area contributed by atoms with E-state index in [1.54, 1.807) is 11.0 Å². The van der Waals surface area contributed by atoms with Crippen molar-refractivity contribution in [1.29, 1.82) is 0 Å². The Morgan fingerprint density at radius 2 is 1.91 bits per heavy atom. The molecule has 23 heavy (non-hydrogen) atoms. The summed E-state index contributed by atoms with van der Waals surface area (Å²) in [7, 11) is 0. The standard InChI is InChI=1S/C18H21NO4/c20-16(7-6-14-4-2-1-3-5-14)19-12-15(17(21)22)18(13-19)8-10-23-11-9-18/h1-7,15H,8-13H2,(H,21,22)/b7-6+. The minimum absolute atomic E-state index is 0.122. The number of ether oxygens (including phenoxy) is 1. The Kier molecular flexibility index (Phi) is 4.48. The highest BCUT2D eigenvalue weighted by Crippen LogP contribution is 2.44. The van der Waals surface area contributed by atoms with Gasteiger partial charge in [-0.3, -0.25) is 9.59 Å². The van der Waals surface area contributed by atoms with E-state index in [4.69, 9.17) is 4.74 Å². The van der Waals surface area contributed by atoms with Crippen molar-refractivity contribution < 1.29 is 19.4 Å². The van der Waals surface area contributed by atoms with Gasteiger partial charge in [0.2, 0.25) is 5.91 Å². The first-order chi connectivity index (χ1) is 11.1. The quantitative estimate of drug-likeness (QED) is 0.867. The molecule has 5 nitrogen and oxygen atoms in total. The summed E-state index contributed by atoms with van der Waals surface area (Å²) in [6, 6.07) is 9.60. The fourth-order valence-corrected chi connectivity index (χ4v) is 3.60. The van der Waals surface area contributed by atoms with Crippen LogP contribution in [0.4, 0.5) is 0 Å². The number of amides is 1. The molecule has 0 aromatic heterocycles. The summed E-state index contributed by atoms with van der Waals surface area (Å²) < 4.78 is 5.37. The summed E-state index contributed by atoms with van der Waals surface area (Å²) in [6.07, 6.45) is 4.71. The highest BCUT2D eigenvalue weighted by Gasteiger charge is 2.51. The number of carboxylic acid groups (broad SMARTS) is 1. The zero-order valence-electron chi connectivity index (χ0n) is 13.0. The molecule has 1 N–H and O–H groups in total. The molecule has 0 radical (unpaired) electrons. The number of hydrogen-bond acceptors (Lipinski definition) is 3. The van der Waals surface area contributed by atoms with Crippen LogP contribution >= 0.6 is 0 Å². The molecule has 0 saturated carbocycles. The average molecular weight is 315 g/mol. The van der Waals surface area contributed by atoms with Crippen LogP contribution in [0.5, 0.6) is 0 Å². The lowest BCUT2D eigenvalue weighted by Gasteiger charge is -2.35. The van der Waals surface area contributed by atoms with Crippen LogP contribution in [0, 0.1) is 11.3 Å². The molecule has 2 fully saturated rings. The van der Waals surface area contributed by atoms with Crippen molar-refractivity contribution in [2.75, 3.05) is 26.3 Å². The lowest BCUT2D eigenvalue weighted by molar-refractivity contribution is -0.146. The van der Waals surface area contributed by atoms with E-state index in [-0.39, 0.29) is 17.9 Å². The molecule has 3 rings (SSSR count). The van der Waals surface area contributed by atoms with Crippen LogP contribution in [0.1, 0.15) is 18.4 Å². The van der Waals surface area contributed by atoms with Crippen molar-refractivity contribution in [2.24, 2.45) is 11.3 Å². The molecule has 2 saturated heterocycles. The van der Waals surface area contributed by atoms with Gasteiger partial charge in [-0.25, -0.2) is 0 Å². The van der Waals surface area contributed by atoms with Crippen molar-refractivity contribution in [2.45, 2.75) is 12.8 Å². The van der Waals surface area contributed by atoms with Gasteiger partial charge < -0.3 is 14.7 Å². The van der Waals surface area contributed by atoms with Gasteiger partial charge in [0, 0.05) is 37.8 Å². The largest absolute Gasteiger partial charge is 0.481 e. The summed E-state index contributed by atoms with van der Waals surface area (Å²) >= 11 is 0. The molecule has 2 aliphatic heterocycles. The second-order valence-corrected chi connectivity index (χ2v) is 6.33. The molecule has 1 atom stereocenters. The molecule has 2 heterocycles. The second kappa shape index (κ2) is 6.54. The van der Waals surface area contributed by atoms with E-state index >= 15 is 0 Å². The third-order valence-electron chi connectivity index (χ3n) is 4.96. The van der Waals surface area contributed by atoms with Gasteiger partial charge >= 0.3 is 5.97 Å². The lowest BCUT2D eigenvalue weighted by Crippen LogP contribution is -2.40. The van der Waals surface area contributed by atoms with Crippen molar-refractivity contribution >= 4 is 18.0 Å². The number of nitrogens with zero attached hydrogens (tertiary/aromatic N) is 1. The fraction of sp³-hybridized carbons (Fsp3) is 0.444. The van der Waals surface area contributed by atoms with Gasteiger partial charge in [0.1, 0.15) is 0 Å². The number of hydrogen-bond donors (Lipinski definition) is 1. The number of carbonyl (C=O) groups is 2. The van der Waals surface area contributed by atoms with E-state index in [1.165, 1.54) is 6.08 Å². The van der Waals surface area contributed by atoms with Gasteiger partial charge in [-0.1, -0.05) is 30.3 Å². The van der Waals surface area contributed by atoms with Gasteiger partial charge in [0.25, 0.3) is 0 Å². The number of rotatable bonds is 3. The predicted octanol–water partition coefficient (Wildman–Crippen LogP) is 2.04. The number of aliphatic carboxylic acids is 1. The van der Waals surface area contributed by atoms with E-state index < -0.39 is 11.9 Å². The average Bonchev–Trinajstić information content (AvgIpc) is 2.93. The molecule has 1 unspecified atom stereocenters. The first-order valence-corrected chi connectivity index (χ1v) is 7.93. The topological polar surface area (TPSA) is 66.8 Å². The molecule has 122 valence electrons. The zero-order valence-corrected chi connectivity index (χ0v) is 13.0. The van der Waals surface area contributed by atoms with Crippen LogP contribution in [0.25, 0.3) is 6.08 Å². The first-order valence-electron chi connectivity index (χ1n) is 7.93. The zero-order chi connectivity index (χ0) is 16.3. The van der Waals surface area contributed by atoms with Crippen molar-refractivity contribution in [3.05, 3.63) is 42.0 Å². The minimum Gasteiger partial charge on any atom is -0.481 e. The second-order valence-electron chi connectivity index (χ2n) is 6.33. The van der Waals surface area contributed by atoms with Gasteiger partial charge in [-0.05, 0) is 24.5 Å². The number of carboxylic acids is 1. The normalized spacial score (nSPS) is 23.5. The Morgan fingerprint density at radius 1 is 1.22 bits per heavy atom. The van der Waals surface area contributed by atoms with Gasteiger partial charge in [-0.15, -0.1) is 0 Å². The maximum atomic E-state index is 12.4. The summed E-state index contributed by atoms with van der Waals surface area (Å²) in [6.45, 7) is 1.94. The van der Waals surface area contributed by atoms with Crippen LogP contribution in [0.2, 0.25) is 0 Å². The third kappa shape index (κ3) is 3.29. The smallest absolute Gasteiger partial charge is 0.308 e. The predicted molar refractivity (Wildman–Crippen MR) is 85.7 cm³/mol. The van der Waals surface area contributed by atoms with E-state index in [0.29, 0.717) is 32.6 Å². The fourth-order valence-electron chi connectivity index (χ4n) is 3.60. The van der Waals surface area contributed by atoms with E-state index in [1.807, 2.05) is 30.3 Å². The summed E-state index contributed by atoms with van der Waals surface area (Å²) in [5.74, 6) is -1.43. The highest BCUT2D eigenvalue weighted by molar-refractivity contribution is 5.92. The molecular formula is C18H21NO4. The van der Waals surface area contributed by atoms with Gasteiger partial charge in [0.15, 0.2) is 0 Å². The lowest BCUT2D eigenvalue weighted by atomic mass is 9.72. The first kappa shape index (κ1) is 15.7. The van der Waals surface area contributed by atoms with Gasteiger partial charge in [-0.2, -0.15) is 0 Å². The molecule has 0 aliphatic carbocycles. The summed E-state index contributed by atoms with van der Waals surface area (Å²) in [5, 5.41) is 9.54. The molecular weight excluding hydrogens is 294 g/mol. The molecule has 1 spiro atoms. The van der Waals surface area contributed by atoms with Crippen molar-refractivity contribution in [3.8, 4) is 0 Å². The van der Waals surface area contributed by atoms with E-state index in [2.05, 4.69) is 0 Å². The summed E-state index contributed by atoms with van der Waals surface area (Å²) in [4.78, 5) is 25.7. The van der Waals surface area contributed by atoms with E-state index in [0.717, 1.165) is 5.56 Å². The third-order valence-corrected chi connectivity index (χ3v) is 4.96. The molecule has 0 bridgehead atoms.